The fraction of sp³-hybridized carbons (Fsp3) is 0.929. The van der Waals surface area contributed by atoms with Crippen LogP contribution in [-0.2, 0) is 4.79 Å². The first kappa shape index (κ1) is 13.8. The van der Waals surface area contributed by atoms with E-state index in [2.05, 4.69) is 20.8 Å². The Morgan fingerprint density at radius 3 is 2.50 bits per heavy atom. The van der Waals surface area contributed by atoms with E-state index in [0.717, 1.165) is 25.8 Å². The van der Waals surface area contributed by atoms with Gasteiger partial charge in [0.05, 0.1) is 0 Å². The fourth-order valence-electron chi connectivity index (χ4n) is 4.07. The van der Waals surface area contributed by atoms with E-state index in [-0.39, 0.29) is 22.8 Å². The first-order chi connectivity index (χ1) is 8.25. The van der Waals surface area contributed by atoms with Gasteiger partial charge in [-0.15, -0.1) is 0 Å². The Morgan fingerprint density at radius 2 is 2.00 bits per heavy atom. The molecule has 4 nitrogen and oxygen atoms in total. The van der Waals surface area contributed by atoms with E-state index in [1.54, 1.807) is 0 Å². The van der Waals surface area contributed by atoms with E-state index in [1.807, 2.05) is 4.90 Å². The molecule has 2 rings (SSSR count). The zero-order chi connectivity index (χ0) is 13.6. The molecule has 1 heterocycles. The summed E-state index contributed by atoms with van der Waals surface area (Å²) in [4.78, 5) is 14.0. The van der Waals surface area contributed by atoms with Gasteiger partial charge in [0.25, 0.3) is 0 Å². The topological polar surface area (TPSA) is 72.3 Å². The monoisotopic (exact) mass is 253 g/mol. The molecule has 18 heavy (non-hydrogen) atoms. The summed E-state index contributed by atoms with van der Waals surface area (Å²) in [5.41, 5.74) is 12.3. The van der Waals surface area contributed by atoms with Crippen molar-refractivity contribution >= 4 is 5.91 Å². The molecule has 3 atom stereocenters. The van der Waals surface area contributed by atoms with Crippen molar-refractivity contribution in [3.8, 4) is 0 Å². The van der Waals surface area contributed by atoms with Gasteiger partial charge in [0.1, 0.15) is 0 Å². The average Bonchev–Trinajstić information content (AvgIpc) is 2.55. The minimum Gasteiger partial charge on any atom is -0.338 e. The van der Waals surface area contributed by atoms with Crippen LogP contribution < -0.4 is 11.5 Å². The third-order valence-electron chi connectivity index (χ3n) is 4.54. The minimum atomic E-state index is 0.0201. The Labute approximate surface area is 110 Å². The summed E-state index contributed by atoms with van der Waals surface area (Å²) in [7, 11) is 0. The third kappa shape index (κ3) is 2.69. The van der Waals surface area contributed by atoms with Gasteiger partial charge in [-0.25, -0.2) is 0 Å². The number of nitrogens with zero attached hydrogens (tertiary/aromatic N) is 1. The zero-order valence-electron chi connectivity index (χ0n) is 11.9. The van der Waals surface area contributed by atoms with E-state index in [4.69, 9.17) is 11.5 Å². The van der Waals surface area contributed by atoms with Crippen LogP contribution in [0.1, 0.15) is 46.5 Å². The van der Waals surface area contributed by atoms with Crippen LogP contribution in [0.5, 0.6) is 0 Å². The largest absolute Gasteiger partial charge is 0.338 e. The molecule has 104 valence electrons. The Kier molecular flexibility index (Phi) is 3.45. The van der Waals surface area contributed by atoms with Crippen molar-refractivity contribution in [2.24, 2.45) is 22.3 Å². The molecule has 1 aliphatic carbocycles. The van der Waals surface area contributed by atoms with Crippen molar-refractivity contribution in [2.75, 3.05) is 13.1 Å². The van der Waals surface area contributed by atoms with E-state index >= 15 is 0 Å². The summed E-state index contributed by atoms with van der Waals surface area (Å²) in [5, 5.41) is 0. The van der Waals surface area contributed by atoms with Gasteiger partial charge in [-0.05, 0) is 36.6 Å². The van der Waals surface area contributed by atoms with Crippen LogP contribution in [0.15, 0.2) is 0 Å². The zero-order valence-corrected chi connectivity index (χ0v) is 11.9. The normalized spacial score (nSPS) is 40.3. The number of carbonyl (C=O) groups is 1. The highest BCUT2D eigenvalue weighted by Crippen LogP contribution is 2.47. The van der Waals surface area contributed by atoms with Crippen LogP contribution >= 0.6 is 0 Å². The Morgan fingerprint density at radius 1 is 1.33 bits per heavy atom. The molecule has 3 unspecified atom stereocenters. The molecule has 4 heteroatoms. The lowest BCUT2D eigenvalue weighted by molar-refractivity contribution is -0.132. The van der Waals surface area contributed by atoms with Crippen LogP contribution in [0.3, 0.4) is 0 Å². The Bertz CT molecular complexity index is 342. The lowest BCUT2D eigenvalue weighted by Crippen LogP contribution is -2.50. The molecule has 2 fully saturated rings. The molecule has 0 aromatic carbocycles. The number of rotatable bonds is 2. The number of carbonyl (C=O) groups excluding carboxylic acids is 1. The minimum absolute atomic E-state index is 0.0201. The van der Waals surface area contributed by atoms with Crippen molar-refractivity contribution < 1.29 is 4.79 Å². The van der Waals surface area contributed by atoms with Gasteiger partial charge < -0.3 is 16.4 Å². The van der Waals surface area contributed by atoms with E-state index in [1.165, 1.54) is 0 Å². The van der Waals surface area contributed by atoms with Crippen LogP contribution in [0.25, 0.3) is 0 Å². The predicted molar refractivity (Wildman–Crippen MR) is 72.9 cm³/mol. The summed E-state index contributed by atoms with van der Waals surface area (Å²) in [5.74, 6) is 0.226. The van der Waals surface area contributed by atoms with Gasteiger partial charge in [0, 0.05) is 25.0 Å². The highest BCUT2D eigenvalue weighted by atomic mass is 16.2. The summed E-state index contributed by atoms with van der Waals surface area (Å²) in [6.45, 7) is 8.24. The maximum absolute atomic E-state index is 12.0. The lowest BCUT2D eigenvalue weighted by atomic mass is 9.62. The van der Waals surface area contributed by atoms with Crippen LogP contribution in [0.2, 0.25) is 0 Å². The highest BCUT2D eigenvalue weighted by molar-refractivity contribution is 5.79. The lowest BCUT2D eigenvalue weighted by Gasteiger charge is -2.48. The maximum atomic E-state index is 12.0. The van der Waals surface area contributed by atoms with Crippen molar-refractivity contribution in [3.05, 3.63) is 0 Å². The average molecular weight is 253 g/mol. The van der Waals surface area contributed by atoms with Gasteiger partial charge >= 0.3 is 0 Å². The summed E-state index contributed by atoms with van der Waals surface area (Å²) < 4.78 is 0. The fourth-order valence-corrected chi connectivity index (χ4v) is 4.07. The molecule has 4 N–H and O–H groups in total. The first-order valence-corrected chi connectivity index (χ1v) is 7.00. The maximum Gasteiger partial charge on any atom is 0.224 e. The van der Waals surface area contributed by atoms with Gasteiger partial charge in [-0.3, -0.25) is 4.79 Å². The molecule has 1 saturated carbocycles. The summed E-state index contributed by atoms with van der Waals surface area (Å²) in [6.07, 6.45) is 3.74. The standard InChI is InChI=1S/C14H27N3O/c1-13(2)5-11(6-14(3,8-13)9-15)17-7-10(16)4-12(17)18/h10-11H,4-9,15-16H2,1-3H3. The van der Waals surface area contributed by atoms with Gasteiger partial charge in [-0.2, -0.15) is 0 Å². The van der Waals surface area contributed by atoms with Crippen molar-refractivity contribution in [2.45, 2.75) is 58.5 Å². The van der Waals surface area contributed by atoms with Gasteiger partial charge in [0.15, 0.2) is 0 Å². The SMILES string of the molecule is CC1(C)CC(N2CC(N)CC2=O)CC(C)(CN)C1. The predicted octanol–water partition coefficient (Wildman–Crippen LogP) is 1.09. The van der Waals surface area contributed by atoms with E-state index in [0.29, 0.717) is 19.0 Å². The van der Waals surface area contributed by atoms with Crippen LogP contribution in [0, 0.1) is 10.8 Å². The van der Waals surface area contributed by atoms with E-state index < -0.39 is 0 Å². The second kappa shape index (κ2) is 4.49. The number of hydrogen-bond donors (Lipinski definition) is 2. The third-order valence-corrected chi connectivity index (χ3v) is 4.54. The molecule has 0 radical (unpaired) electrons. The number of nitrogens with two attached hydrogens (primary N) is 2. The van der Waals surface area contributed by atoms with Crippen LogP contribution in [0.4, 0.5) is 0 Å². The van der Waals surface area contributed by atoms with Crippen molar-refractivity contribution in [1.29, 1.82) is 0 Å². The number of hydrogen-bond acceptors (Lipinski definition) is 3. The van der Waals surface area contributed by atoms with Gasteiger partial charge in [-0.1, -0.05) is 20.8 Å². The molecular weight excluding hydrogens is 226 g/mol. The number of amides is 1. The highest BCUT2D eigenvalue weighted by Gasteiger charge is 2.44. The molecule has 0 aromatic rings. The molecule has 1 saturated heterocycles. The molecule has 1 amide bonds. The second-order valence-corrected chi connectivity index (χ2v) is 7.43. The molecule has 0 bridgehead atoms. The smallest absolute Gasteiger partial charge is 0.224 e. The van der Waals surface area contributed by atoms with Crippen molar-refractivity contribution in [1.82, 2.24) is 4.90 Å². The van der Waals surface area contributed by atoms with Crippen molar-refractivity contribution in [3.63, 3.8) is 0 Å². The molecule has 1 aliphatic heterocycles. The first-order valence-electron chi connectivity index (χ1n) is 7.00. The van der Waals surface area contributed by atoms with Crippen LogP contribution in [-0.4, -0.2) is 36.0 Å². The number of likely N-dealkylation sites (tertiary alicyclic amines) is 1. The van der Waals surface area contributed by atoms with E-state index in [9.17, 15) is 4.79 Å². The summed E-state index contributed by atoms with van der Waals surface area (Å²) >= 11 is 0. The quantitative estimate of drug-likeness (QED) is 0.774. The Hall–Kier alpha value is -0.610. The summed E-state index contributed by atoms with van der Waals surface area (Å²) in [6, 6.07) is 0.343. The molecule has 0 aromatic heterocycles. The second-order valence-electron chi connectivity index (χ2n) is 7.43. The Balaban J connectivity index is 2.15. The van der Waals surface area contributed by atoms with Gasteiger partial charge in [0.2, 0.25) is 5.91 Å². The molecule has 2 aliphatic rings. The molecular formula is C14H27N3O. The molecule has 0 spiro atoms.